The van der Waals surface area contributed by atoms with Crippen LogP contribution in [0.2, 0.25) is 0 Å². The molecule has 0 saturated carbocycles. The fourth-order valence-corrected chi connectivity index (χ4v) is 7.67. The summed E-state index contributed by atoms with van der Waals surface area (Å²) in [5.41, 5.74) is 0. The molecule has 4 aromatic rings. The molecule has 20 heteroatoms. The van der Waals surface area contributed by atoms with E-state index in [1.54, 1.807) is 12.1 Å². The molecule has 2 aliphatic rings. The highest BCUT2D eigenvalue weighted by molar-refractivity contribution is 7.95. The van der Waals surface area contributed by atoms with Gasteiger partial charge in [0.1, 0.15) is 15.9 Å². The first-order valence-corrected chi connectivity index (χ1v) is 16.9. The Morgan fingerprint density at radius 2 is 1.38 bits per heavy atom. The Hall–Kier alpha value is -3.83. The van der Waals surface area contributed by atoms with Gasteiger partial charge >= 0.3 is 5.97 Å². The Labute approximate surface area is 278 Å². The SMILES string of the molecule is O=C(ON1C(=O)CCC1=O)C1CCN(C(=O)COc2cc(SOO[O-])c3ccc4c(SOO[O-])cc(S(=O)(=O)[O-])c5ccc2c3c45)CC1. The Morgan fingerprint density at radius 1 is 0.833 bits per heavy atom. The van der Waals surface area contributed by atoms with Crippen molar-refractivity contribution >= 4 is 90.2 Å². The third-order valence-electron chi connectivity index (χ3n) is 8.04. The van der Waals surface area contributed by atoms with Crippen LogP contribution in [0.25, 0.3) is 32.3 Å². The van der Waals surface area contributed by atoms with E-state index in [9.17, 15) is 42.7 Å². The smallest absolute Gasteiger partial charge is 0.336 e. The lowest BCUT2D eigenvalue weighted by Gasteiger charge is -2.31. The summed E-state index contributed by atoms with van der Waals surface area (Å²) in [4.78, 5) is 55.5. The van der Waals surface area contributed by atoms with Gasteiger partial charge in [0, 0.05) is 47.0 Å². The maximum atomic E-state index is 13.2. The Kier molecular flexibility index (Phi) is 9.90. The van der Waals surface area contributed by atoms with Crippen LogP contribution in [0.3, 0.4) is 0 Å². The summed E-state index contributed by atoms with van der Waals surface area (Å²) >= 11 is 0.914. The highest BCUT2D eigenvalue weighted by Gasteiger charge is 2.36. The van der Waals surface area contributed by atoms with Crippen molar-refractivity contribution in [1.29, 1.82) is 0 Å². The lowest BCUT2D eigenvalue weighted by molar-refractivity contribution is -0.777. The van der Waals surface area contributed by atoms with Gasteiger partial charge in [0.05, 0.1) is 39.8 Å². The molecule has 17 nitrogen and oxygen atoms in total. The third-order valence-corrected chi connectivity index (χ3v) is 10.2. The maximum absolute atomic E-state index is 13.2. The molecule has 0 aliphatic carbocycles. The number of likely N-dealkylation sites (tertiary alicyclic amines) is 1. The first-order valence-electron chi connectivity index (χ1n) is 14.0. The molecule has 48 heavy (non-hydrogen) atoms. The Bertz CT molecular complexity index is 2020. The van der Waals surface area contributed by atoms with E-state index in [1.165, 1.54) is 23.1 Å². The van der Waals surface area contributed by atoms with E-state index >= 15 is 0 Å². The zero-order valence-electron chi connectivity index (χ0n) is 24.2. The van der Waals surface area contributed by atoms with Crippen LogP contribution in [-0.2, 0) is 52.9 Å². The molecule has 0 spiro atoms. The molecule has 2 saturated heterocycles. The summed E-state index contributed by atoms with van der Waals surface area (Å²) < 4.78 is 51.8. The second kappa shape index (κ2) is 14.0. The molecule has 0 aromatic heterocycles. The van der Waals surface area contributed by atoms with Gasteiger partial charge in [-0.15, -0.1) is 5.06 Å². The number of carbonyl (C=O) groups excluding carboxylic acids is 4. The highest BCUT2D eigenvalue weighted by atomic mass is 32.2. The van der Waals surface area contributed by atoms with Crippen molar-refractivity contribution < 1.29 is 71.0 Å². The van der Waals surface area contributed by atoms with E-state index in [-0.39, 0.29) is 65.1 Å². The molecule has 3 amide bonds. The van der Waals surface area contributed by atoms with Crippen molar-refractivity contribution in [3.8, 4) is 5.75 Å². The van der Waals surface area contributed by atoms with Crippen LogP contribution in [0.5, 0.6) is 5.75 Å². The molecule has 6 rings (SSSR count). The summed E-state index contributed by atoms with van der Waals surface area (Å²) in [6.07, 6.45) is 0.389. The zero-order chi connectivity index (χ0) is 34.2. The van der Waals surface area contributed by atoms with Crippen LogP contribution < -0.4 is 15.3 Å². The number of nitrogens with zero attached hydrogens (tertiary/aromatic N) is 2. The average molecular weight is 722 g/mol. The minimum Gasteiger partial charge on any atom is -0.744 e. The van der Waals surface area contributed by atoms with Gasteiger partial charge in [-0.05, 0) is 47.2 Å². The van der Waals surface area contributed by atoms with Crippen LogP contribution in [0.15, 0.2) is 51.1 Å². The van der Waals surface area contributed by atoms with Crippen molar-refractivity contribution in [3.05, 3.63) is 36.4 Å². The number of imide groups is 1. The molecule has 254 valence electrons. The summed E-state index contributed by atoms with van der Waals surface area (Å²) in [7, 11) is -5.04. The normalized spacial score (nSPS) is 16.1. The molecule has 0 N–H and O–H groups in total. The van der Waals surface area contributed by atoms with Gasteiger partial charge in [-0.1, -0.05) is 18.2 Å². The minimum atomic E-state index is -5.04. The number of ether oxygens (including phenoxy) is 1. The van der Waals surface area contributed by atoms with E-state index in [0.717, 1.165) is 6.07 Å². The molecule has 0 bridgehead atoms. The molecule has 0 unspecified atom stereocenters. The van der Waals surface area contributed by atoms with E-state index in [4.69, 9.17) is 9.57 Å². The Morgan fingerprint density at radius 3 is 1.96 bits per heavy atom. The summed E-state index contributed by atoms with van der Waals surface area (Å²) in [5, 5.41) is 30.6. The van der Waals surface area contributed by atoms with E-state index in [0.29, 0.717) is 50.7 Å². The lowest BCUT2D eigenvalue weighted by atomic mass is 9.93. The quantitative estimate of drug-likeness (QED) is 0.0499. The number of rotatable bonds is 12. The second-order valence-electron chi connectivity index (χ2n) is 10.6. The van der Waals surface area contributed by atoms with E-state index < -0.39 is 51.2 Å². The van der Waals surface area contributed by atoms with Gasteiger partial charge in [-0.3, -0.25) is 24.5 Å². The fourth-order valence-electron chi connectivity index (χ4n) is 5.85. The number of benzene rings is 4. The van der Waals surface area contributed by atoms with E-state index in [2.05, 4.69) is 18.7 Å². The largest absolute Gasteiger partial charge is 0.744 e. The van der Waals surface area contributed by atoms with Crippen LogP contribution in [0.4, 0.5) is 0 Å². The molecule has 0 atom stereocenters. The standard InChI is InChI=1S/C28H24N2O15S3/c31-23-5-6-24(32)30(23)41-28(34)14-7-9-29(10-8-14)25(33)13-40-19-11-20(46-44-42-35)16-2-3-17-21(47-45-43-36)12-22(48(37,38)39)18-4-1-15(19)26(16)27(17)18/h1-4,11-12,14,35-36H,5-10,13H2,(H,37,38,39)/p-3. The molecule has 2 heterocycles. The third kappa shape index (κ3) is 6.59. The zero-order valence-corrected chi connectivity index (χ0v) is 26.7. The van der Waals surface area contributed by atoms with Crippen molar-refractivity contribution in [2.24, 2.45) is 5.92 Å². The van der Waals surface area contributed by atoms with E-state index in [1.807, 2.05) is 0 Å². The molecule has 2 fully saturated rings. The molecule has 4 aromatic carbocycles. The molecular weight excluding hydrogens is 701 g/mol. The van der Waals surface area contributed by atoms with Gasteiger partial charge in [0.2, 0.25) is 0 Å². The van der Waals surface area contributed by atoms with Crippen molar-refractivity contribution in [3.63, 3.8) is 0 Å². The van der Waals surface area contributed by atoms with Crippen molar-refractivity contribution in [2.75, 3.05) is 19.7 Å². The van der Waals surface area contributed by atoms with Crippen LogP contribution in [0, 0.1) is 5.92 Å². The maximum Gasteiger partial charge on any atom is 0.336 e. The lowest BCUT2D eigenvalue weighted by Crippen LogP contribution is -2.44. The number of hydroxylamine groups is 2. The summed E-state index contributed by atoms with van der Waals surface area (Å²) in [6, 6.07) is 8.65. The van der Waals surface area contributed by atoms with Gasteiger partial charge in [-0.25, -0.2) is 13.2 Å². The first kappa shape index (κ1) is 34.0. The predicted molar refractivity (Wildman–Crippen MR) is 156 cm³/mol. The highest BCUT2D eigenvalue weighted by Crippen LogP contribution is 2.47. The summed E-state index contributed by atoms with van der Waals surface area (Å²) in [6.45, 7) is -0.130. The minimum absolute atomic E-state index is 0.0269. The number of carbonyl (C=O) groups is 4. The van der Waals surface area contributed by atoms with Crippen LogP contribution in [-0.4, -0.2) is 66.3 Å². The number of hydrogen-bond donors (Lipinski definition) is 0. The predicted octanol–water partition coefficient (Wildman–Crippen LogP) is 1.17. The first-order chi connectivity index (χ1) is 23.0. The molecular formula is C28H21N2O15S3-3. The van der Waals surface area contributed by atoms with Gasteiger partial charge < -0.3 is 29.5 Å². The van der Waals surface area contributed by atoms with Gasteiger partial charge in [0.25, 0.3) is 17.7 Å². The topological polar surface area (TPSA) is 233 Å². The fraction of sp³-hybridized carbons (Fsp3) is 0.286. The average Bonchev–Trinajstić information content (AvgIpc) is 3.39. The van der Waals surface area contributed by atoms with Crippen molar-refractivity contribution in [1.82, 2.24) is 9.96 Å². The second-order valence-corrected chi connectivity index (χ2v) is 13.5. The van der Waals surface area contributed by atoms with Crippen LogP contribution in [0.1, 0.15) is 25.7 Å². The van der Waals surface area contributed by atoms with Crippen molar-refractivity contribution in [2.45, 2.75) is 40.4 Å². The summed E-state index contributed by atoms with van der Waals surface area (Å²) in [5.74, 6) is -2.84. The van der Waals surface area contributed by atoms with Crippen LogP contribution >= 0.6 is 24.1 Å². The Balaban J connectivity index is 1.27. The number of amides is 3. The van der Waals surface area contributed by atoms with Gasteiger partial charge in [0.15, 0.2) is 6.61 Å². The number of piperidine rings is 1. The molecule has 2 aliphatic heterocycles. The molecule has 0 radical (unpaired) electrons. The number of hydrogen-bond acceptors (Lipinski definition) is 17. The monoisotopic (exact) mass is 721 g/mol. The van der Waals surface area contributed by atoms with Gasteiger partial charge in [-0.2, -0.15) is 8.67 Å².